The zero-order valence-electron chi connectivity index (χ0n) is 15.8. The Labute approximate surface area is 154 Å². The second kappa shape index (κ2) is 8.36. The van der Waals surface area contributed by atoms with E-state index in [1.807, 2.05) is 43.0 Å². The summed E-state index contributed by atoms with van der Waals surface area (Å²) in [6.07, 6.45) is 0.950. The summed E-state index contributed by atoms with van der Waals surface area (Å²) in [4.78, 5) is 17.0. The smallest absolute Gasteiger partial charge is 0.254 e. The fourth-order valence-corrected chi connectivity index (χ4v) is 3.18. The van der Waals surface area contributed by atoms with E-state index in [1.165, 1.54) is 0 Å². The number of hydrogen-bond acceptors (Lipinski definition) is 5. The highest BCUT2D eigenvalue weighted by Gasteiger charge is 2.23. The van der Waals surface area contributed by atoms with Crippen LogP contribution in [0, 0.1) is 13.8 Å². The molecule has 1 aliphatic rings. The summed E-state index contributed by atoms with van der Waals surface area (Å²) in [6.45, 7) is 10.6. The van der Waals surface area contributed by atoms with Crippen LogP contribution in [0.5, 0.6) is 5.75 Å². The summed E-state index contributed by atoms with van der Waals surface area (Å²) in [6, 6.07) is 7.48. The number of hydrogen-bond donors (Lipinski definition) is 0. The van der Waals surface area contributed by atoms with Gasteiger partial charge >= 0.3 is 0 Å². The zero-order chi connectivity index (χ0) is 18.5. The molecule has 1 amide bonds. The molecule has 6 heteroatoms. The van der Waals surface area contributed by atoms with E-state index in [1.54, 1.807) is 0 Å². The second-order valence-corrected chi connectivity index (χ2v) is 6.75. The lowest BCUT2D eigenvalue weighted by molar-refractivity contribution is 0.0627. The molecule has 1 saturated heterocycles. The van der Waals surface area contributed by atoms with Gasteiger partial charge in [-0.1, -0.05) is 18.1 Å². The molecule has 6 nitrogen and oxygen atoms in total. The Balaban J connectivity index is 1.57. The average Bonchev–Trinajstić information content (AvgIpc) is 2.98. The van der Waals surface area contributed by atoms with E-state index >= 15 is 0 Å². The number of amides is 1. The molecule has 0 radical (unpaired) electrons. The zero-order valence-corrected chi connectivity index (χ0v) is 15.8. The van der Waals surface area contributed by atoms with Crippen LogP contribution in [-0.2, 0) is 6.54 Å². The summed E-state index contributed by atoms with van der Waals surface area (Å²) in [5.41, 5.74) is 2.80. The van der Waals surface area contributed by atoms with Gasteiger partial charge in [0.05, 0.1) is 12.3 Å². The van der Waals surface area contributed by atoms with Gasteiger partial charge in [-0.15, -0.1) is 0 Å². The van der Waals surface area contributed by atoms with Crippen LogP contribution >= 0.6 is 0 Å². The molecule has 0 bridgehead atoms. The van der Waals surface area contributed by atoms with Gasteiger partial charge in [0.15, 0.2) is 0 Å². The molecule has 0 spiro atoms. The van der Waals surface area contributed by atoms with E-state index in [0.717, 1.165) is 61.9 Å². The highest BCUT2D eigenvalue weighted by atomic mass is 16.5. The van der Waals surface area contributed by atoms with Gasteiger partial charge in [-0.05, 0) is 38.5 Å². The normalized spacial score (nSPS) is 15.3. The SMILES string of the molecule is CCCOc1cccc(C(=O)N2CCN(Cc3c(C)noc3C)CC2)c1. The maximum absolute atomic E-state index is 12.8. The number of benzene rings is 1. The third-order valence-corrected chi connectivity index (χ3v) is 4.78. The average molecular weight is 357 g/mol. The fourth-order valence-electron chi connectivity index (χ4n) is 3.18. The van der Waals surface area contributed by atoms with Crippen LogP contribution in [-0.4, -0.2) is 53.6 Å². The number of piperazine rings is 1. The lowest BCUT2D eigenvalue weighted by Gasteiger charge is -2.34. The van der Waals surface area contributed by atoms with Crippen LogP contribution in [0.15, 0.2) is 28.8 Å². The lowest BCUT2D eigenvalue weighted by atomic mass is 10.1. The number of rotatable bonds is 6. The monoisotopic (exact) mass is 357 g/mol. The maximum Gasteiger partial charge on any atom is 0.254 e. The first-order chi connectivity index (χ1) is 12.6. The van der Waals surface area contributed by atoms with Gasteiger partial charge < -0.3 is 14.2 Å². The number of aryl methyl sites for hydroxylation is 2. The van der Waals surface area contributed by atoms with Crippen LogP contribution < -0.4 is 4.74 Å². The van der Waals surface area contributed by atoms with Crippen molar-refractivity contribution in [3.8, 4) is 5.75 Å². The molecule has 0 saturated carbocycles. The number of carbonyl (C=O) groups is 1. The van der Waals surface area contributed by atoms with Crippen molar-refractivity contribution in [2.45, 2.75) is 33.7 Å². The molecule has 1 aliphatic heterocycles. The van der Waals surface area contributed by atoms with E-state index in [9.17, 15) is 4.79 Å². The molecule has 0 aliphatic carbocycles. The number of carbonyl (C=O) groups excluding carboxylic acids is 1. The molecule has 3 rings (SSSR count). The third-order valence-electron chi connectivity index (χ3n) is 4.78. The lowest BCUT2D eigenvalue weighted by Crippen LogP contribution is -2.48. The molecule has 1 aromatic heterocycles. The molecule has 26 heavy (non-hydrogen) atoms. The largest absolute Gasteiger partial charge is 0.494 e. The van der Waals surface area contributed by atoms with Crippen LogP contribution in [0.25, 0.3) is 0 Å². The van der Waals surface area contributed by atoms with Gasteiger partial charge in [-0.2, -0.15) is 0 Å². The molecule has 2 heterocycles. The van der Waals surface area contributed by atoms with Crippen molar-refractivity contribution in [3.05, 3.63) is 46.8 Å². The first kappa shape index (κ1) is 18.5. The summed E-state index contributed by atoms with van der Waals surface area (Å²) in [7, 11) is 0. The molecule has 0 unspecified atom stereocenters. The Kier molecular flexibility index (Phi) is 5.93. The molecule has 1 fully saturated rings. The second-order valence-electron chi connectivity index (χ2n) is 6.75. The highest BCUT2D eigenvalue weighted by Crippen LogP contribution is 2.19. The predicted octanol–water partition coefficient (Wildman–Crippen LogP) is 3.04. The van der Waals surface area contributed by atoms with E-state index in [4.69, 9.17) is 9.26 Å². The van der Waals surface area contributed by atoms with E-state index in [-0.39, 0.29) is 5.91 Å². The van der Waals surface area contributed by atoms with Gasteiger partial charge in [-0.25, -0.2) is 0 Å². The molecular weight excluding hydrogens is 330 g/mol. The van der Waals surface area contributed by atoms with Gasteiger partial charge in [0.2, 0.25) is 0 Å². The molecule has 0 atom stereocenters. The Morgan fingerprint density at radius 3 is 2.65 bits per heavy atom. The minimum atomic E-state index is 0.0731. The van der Waals surface area contributed by atoms with Crippen molar-refractivity contribution in [3.63, 3.8) is 0 Å². The van der Waals surface area contributed by atoms with Crippen molar-refractivity contribution < 1.29 is 14.1 Å². The molecule has 140 valence electrons. The van der Waals surface area contributed by atoms with Crippen LogP contribution in [0.1, 0.15) is 40.7 Å². The van der Waals surface area contributed by atoms with Gasteiger partial charge in [0, 0.05) is 43.9 Å². The minimum absolute atomic E-state index is 0.0731. The van der Waals surface area contributed by atoms with Gasteiger partial charge in [-0.3, -0.25) is 9.69 Å². The fraction of sp³-hybridized carbons (Fsp3) is 0.500. The summed E-state index contributed by atoms with van der Waals surface area (Å²) in [5.74, 6) is 1.71. The molecule has 0 N–H and O–H groups in total. The van der Waals surface area contributed by atoms with Crippen molar-refractivity contribution in [2.24, 2.45) is 0 Å². The minimum Gasteiger partial charge on any atom is -0.494 e. The molecular formula is C20H27N3O3. The van der Waals surface area contributed by atoms with Crippen LogP contribution in [0.2, 0.25) is 0 Å². The quantitative estimate of drug-likeness (QED) is 0.795. The Morgan fingerprint density at radius 1 is 1.23 bits per heavy atom. The molecule has 1 aromatic carbocycles. The van der Waals surface area contributed by atoms with E-state index in [0.29, 0.717) is 12.2 Å². The standard InChI is InChI=1S/C20H27N3O3/c1-4-12-25-18-7-5-6-17(13-18)20(24)23-10-8-22(9-11-23)14-19-15(2)21-26-16(19)3/h5-7,13H,4,8-12,14H2,1-3H3. The van der Waals surface area contributed by atoms with Crippen LogP contribution in [0.3, 0.4) is 0 Å². The molecule has 2 aromatic rings. The number of ether oxygens (including phenoxy) is 1. The van der Waals surface area contributed by atoms with Crippen molar-refractivity contribution in [1.29, 1.82) is 0 Å². The highest BCUT2D eigenvalue weighted by molar-refractivity contribution is 5.94. The maximum atomic E-state index is 12.8. The first-order valence-electron chi connectivity index (χ1n) is 9.24. The third kappa shape index (κ3) is 4.25. The van der Waals surface area contributed by atoms with E-state index < -0.39 is 0 Å². The van der Waals surface area contributed by atoms with Gasteiger partial charge in [0.1, 0.15) is 11.5 Å². The Hall–Kier alpha value is -2.34. The van der Waals surface area contributed by atoms with Gasteiger partial charge in [0.25, 0.3) is 5.91 Å². The first-order valence-corrected chi connectivity index (χ1v) is 9.24. The number of nitrogens with zero attached hydrogens (tertiary/aromatic N) is 3. The van der Waals surface area contributed by atoms with E-state index in [2.05, 4.69) is 17.0 Å². The predicted molar refractivity (Wildman–Crippen MR) is 99.4 cm³/mol. The number of aromatic nitrogens is 1. The van der Waals surface area contributed by atoms with Crippen molar-refractivity contribution in [2.75, 3.05) is 32.8 Å². The van der Waals surface area contributed by atoms with Crippen molar-refractivity contribution in [1.82, 2.24) is 15.0 Å². The Morgan fingerprint density at radius 2 is 2.00 bits per heavy atom. The summed E-state index contributed by atoms with van der Waals surface area (Å²) >= 11 is 0. The topological polar surface area (TPSA) is 58.8 Å². The summed E-state index contributed by atoms with van der Waals surface area (Å²) < 4.78 is 10.9. The van der Waals surface area contributed by atoms with Crippen molar-refractivity contribution >= 4 is 5.91 Å². The van der Waals surface area contributed by atoms with Crippen LogP contribution in [0.4, 0.5) is 0 Å². The summed E-state index contributed by atoms with van der Waals surface area (Å²) in [5, 5.41) is 4.02. The Bertz CT molecular complexity index is 729.